The molecule has 0 fully saturated rings. The number of fused-ring (bicyclic) bond motifs is 1. The van der Waals surface area contributed by atoms with Crippen molar-refractivity contribution in [3.63, 3.8) is 0 Å². The maximum Gasteiger partial charge on any atom is 0.335 e. The van der Waals surface area contributed by atoms with E-state index in [1.807, 2.05) is 0 Å². The van der Waals surface area contributed by atoms with Crippen LogP contribution in [0.15, 0.2) is 12.7 Å². The summed E-state index contributed by atoms with van der Waals surface area (Å²) in [6.07, 6.45) is 4.25. The summed E-state index contributed by atoms with van der Waals surface area (Å²) in [5.74, 6) is -1.01. The van der Waals surface area contributed by atoms with Crippen molar-refractivity contribution in [3.05, 3.63) is 12.7 Å². The van der Waals surface area contributed by atoms with E-state index in [4.69, 9.17) is 24.5 Å². The van der Waals surface area contributed by atoms with E-state index in [1.54, 1.807) is 45.5 Å². The van der Waals surface area contributed by atoms with Crippen molar-refractivity contribution in [2.75, 3.05) is 18.7 Å². The molecule has 39 heavy (non-hydrogen) atoms. The molecule has 2 aromatic heterocycles. The summed E-state index contributed by atoms with van der Waals surface area (Å²) < 4.78 is 37.9. The first-order valence-corrected chi connectivity index (χ1v) is 15.1. The topological polar surface area (TPSA) is 170 Å². The molecule has 0 saturated carbocycles. The van der Waals surface area contributed by atoms with Crippen molar-refractivity contribution in [1.82, 2.24) is 24.6 Å². The van der Waals surface area contributed by atoms with E-state index >= 15 is 0 Å². The molecule has 0 amide bonds. The van der Waals surface area contributed by atoms with Crippen LogP contribution < -0.4 is 10.8 Å². The predicted octanol–water partition coefficient (Wildman–Crippen LogP) is 3.81. The van der Waals surface area contributed by atoms with Crippen LogP contribution in [-0.2, 0) is 39.4 Å². The Labute approximate surface area is 230 Å². The number of imidazole rings is 1. The molecule has 2 rings (SSSR count). The number of unbranched alkanes of at least 4 members (excludes halogenated alkanes) is 3. The molecule has 0 aromatic carbocycles. The molecule has 14 heteroatoms. The number of nitrogens with two attached hydrogens (primary N) is 1. The molecule has 0 spiro atoms. The van der Waals surface area contributed by atoms with Crippen LogP contribution in [0, 0.1) is 0 Å². The number of hydrogen-bond donors (Lipinski definition) is 2. The van der Waals surface area contributed by atoms with E-state index in [1.165, 1.54) is 13.3 Å². The lowest BCUT2D eigenvalue weighted by atomic mass is 10.1. The lowest BCUT2D eigenvalue weighted by Crippen LogP contribution is -2.47. The second-order valence-electron chi connectivity index (χ2n) is 10.3. The molecule has 0 radical (unpaired) electrons. The molecule has 0 aliphatic rings. The zero-order chi connectivity index (χ0) is 29.2. The van der Waals surface area contributed by atoms with Gasteiger partial charge >= 0.3 is 11.9 Å². The van der Waals surface area contributed by atoms with Gasteiger partial charge in [-0.25, -0.2) is 24.8 Å². The normalized spacial score (nSPS) is 15.2. The summed E-state index contributed by atoms with van der Waals surface area (Å²) in [5.41, 5.74) is 5.47. The maximum absolute atomic E-state index is 14.0. The van der Waals surface area contributed by atoms with Crippen molar-refractivity contribution in [1.29, 1.82) is 0 Å². The molecule has 0 aliphatic heterocycles. The van der Waals surface area contributed by atoms with Gasteiger partial charge in [-0.05, 0) is 48.0 Å². The molecular weight excluding hydrogens is 527 g/mol. The first-order chi connectivity index (χ1) is 18.3. The number of anilines is 1. The summed E-state index contributed by atoms with van der Waals surface area (Å²) in [7, 11) is -3.94. The third kappa shape index (κ3) is 10.1. The predicted molar refractivity (Wildman–Crippen MR) is 147 cm³/mol. The SMILES string of the molecule is CCCCCCOC(=O)C(C)(C)N[P@](=O)(CO[C@H](C)Cn1cnc2c(N)ncnc21)O[C@H](C)C(=O)OC(C)C. The van der Waals surface area contributed by atoms with Gasteiger partial charge in [0, 0.05) is 0 Å². The highest BCUT2D eigenvalue weighted by molar-refractivity contribution is 7.56. The molecule has 0 unspecified atom stereocenters. The van der Waals surface area contributed by atoms with Gasteiger partial charge in [0.2, 0.25) is 0 Å². The lowest BCUT2D eigenvalue weighted by molar-refractivity contribution is -0.155. The highest BCUT2D eigenvalue weighted by atomic mass is 31.2. The first-order valence-electron chi connectivity index (χ1n) is 13.3. The molecular formula is C25H43N6O7P. The molecule has 2 aromatic rings. The number of hydrogen-bond acceptors (Lipinski definition) is 11. The largest absolute Gasteiger partial charge is 0.464 e. The average Bonchev–Trinajstić information content (AvgIpc) is 3.25. The summed E-state index contributed by atoms with van der Waals surface area (Å²) in [6.45, 7) is 12.3. The quantitative estimate of drug-likeness (QED) is 0.160. The number of nitrogen functional groups attached to an aromatic ring is 1. The number of carbonyl (C=O) groups is 2. The van der Waals surface area contributed by atoms with Gasteiger partial charge in [-0.2, -0.15) is 0 Å². The molecule has 0 bridgehead atoms. The van der Waals surface area contributed by atoms with E-state index in [-0.39, 0.29) is 18.5 Å². The van der Waals surface area contributed by atoms with Gasteiger partial charge in [0.1, 0.15) is 23.7 Å². The molecule has 2 heterocycles. The number of nitrogens with one attached hydrogen (secondary N) is 1. The summed E-state index contributed by atoms with van der Waals surface area (Å²) >= 11 is 0. The monoisotopic (exact) mass is 570 g/mol. The van der Waals surface area contributed by atoms with E-state index in [9.17, 15) is 14.2 Å². The zero-order valence-corrected chi connectivity index (χ0v) is 24.9. The highest BCUT2D eigenvalue weighted by Gasteiger charge is 2.40. The second kappa shape index (κ2) is 14.7. The fraction of sp³-hybridized carbons (Fsp3) is 0.720. The smallest absolute Gasteiger partial charge is 0.335 e. The Morgan fingerprint density at radius 2 is 1.85 bits per heavy atom. The Morgan fingerprint density at radius 1 is 1.13 bits per heavy atom. The van der Waals surface area contributed by atoms with Crippen molar-refractivity contribution < 1.29 is 32.9 Å². The maximum atomic E-state index is 14.0. The van der Waals surface area contributed by atoms with E-state index in [2.05, 4.69) is 27.0 Å². The fourth-order valence-corrected chi connectivity index (χ4v) is 5.82. The van der Waals surface area contributed by atoms with Crippen LogP contribution >= 0.6 is 7.52 Å². The third-order valence-electron chi connectivity index (χ3n) is 5.62. The standard InChI is InChI=1S/C25H43N6O7P/c1-8-9-10-11-12-35-24(33)25(6,7)30-39(34,38-19(5)23(32)37-17(2)3)16-36-18(4)13-31-15-29-20-21(26)27-14-28-22(20)31/h14-15,17-19H,8-13,16H2,1-7H3,(H,30,34)(H2,26,27,28)/t18-,19-,39+/m1/s1. The van der Waals surface area contributed by atoms with Crippen LogP contribution in [0.1, 0.15) is 74.1 Å². The van der Waals surface area contributed by atoms with Gasteiger partial charge in [0.05, 0.1) is 31.7 Å². The molecule has 220 valence electrons. The van der Waals surface area contributed by atoms with E-state index < -0.39 is 43.6 Å². The molecule has 3 atom stereocenters. The van der Waals surface area contributed by atoms with Crippen LogP contribution in [0.2, 0.25) is 0 Å². The number of aromatic nitrogens is 4. The number of ether oxygens (including phenoxy) is 3. The van der Waals surface area contributed by atoms with Gasteiger partial charge in [-0.1, -0.05) is 26.2 Å². The minimum Gasteiger partial charge on any atom is -0.464 e. The highest BCUT2D eigenvalue weighted by Crippen LogP contribution is 2.46. The minimum absolute atomic E-state index is 0.257. The Balaban J connectivity index is 2.12. The van der Waals surface area contributed by atoms with Gasteiger partial charge in [0.25, 0.3) is 7.52 Å². The van der Waals surface area contributed by atoms with Gasteiger partial charge in [-0.15, -0.1) is 0 Å². The van der Waals surface area contributed by atoms with Crippen LogP contribution in [0.3, 0.4) is 0 Å². The van der Waals surface area contributed by atoms with Gasteiger partial charge < -0.3 is 29.0 Å². The second-order valence-corrected chi connectivity index (χ2v) is 12.3. The minimum atomic E-state index is -3.94. The fourth-order valence-electron chi connectivity index (χ4n) is 3.65. The number of esters is 2. The Hall–Kier alpha value is -2.60. The van der Waals surface area contributed by atoms with Crippen molar-refractivity contribution in [2.24, 2.45) is 0 Å². The van der Waals surface area contributed by atoms with Crippen molar-refractivity contribution >= 4 is 36.4 Å². The zero-order valence-electron chi connectivity index (χ0n) is 24.0. The van der Waals surface area contributed by atoms with Gasteiger partial charge in [-0.3, -0.25) is 9.36 Å². The Kier molecular flexibility index (Phi) is 12.3. The van der Waals surface area contributed by atoms with Gasteiger partial charge in [0.15, 0.2) is 17.6 Å². The molecule has 0 saturated heterocycles. The Bertz CT molecular complexity index is 1140. The van der Waals surface area contributed by atoms with Crippen molar-refractivity contribution in [2.45, 2.75) is 105 Å². The van der Waals surface area contributed by atoms with Crippen molar-refractivity contribution in [3.8, 4) is 0 Å². The summed E-state index contributed by atoms with van der Waals surface area (Å²) in [5, 5.41) is 2.78. The summed E-state index contributed by atoms with van der Waals surface area (Å²) in [4.78, 5) is 37.6. The number of nitrogens with zero attached hydrogens (tertiary/aromatic N) is 4. The van der Waals surface area contributed by atoms with E-state index in [0.717, 1.165) is 25.7 Å². The van der Waals surface area contributed by atoms with Crippen LogP contribution in [0.4, 0.5) is 5.82 Å². The Morgan fingerprint density at radius 3 is 2.51 bits per heavy atom. The third-order valence-corrected chi connectivity index (χ3v) is 7.66. The van der Waals surface area contributed by atoms with Crippen LogP contribution in [-0.4, -0.2) is 68.3 Å². The molecule has 0 aliphatic carbocycles. The van der Waals surface area contributed by atoms with E-state index in [0.29, 0.717) is 17.7 Å². The van der Waals surface area contributed by atoms with Crippen LogP contribution in [0.5, 0.6) is 0 Å². The number of carbonyl (C=O) groups excluding carboxylic acids is 2. The van der Waals surface area contributed by atoms with Crippen LogP contribution in [0.25, 0.3) is 11.2 Å². The molecule has 13 nitrogen and oxygen atoms in total. The lowest BCUT2D eigenvalue weighted by Gasteiger charge is -2.31. The number of rotatable bonds is 17. The molecule has 3 N–H and O–H groups in total. The summed E-state index contributed by atoms with van der Waals surface area (Å²) in [6, 6.07) is 0. The average molecular weight is 571 g/mol. The first kappa shape index (κ1) is 32.6.